The molecule has 1 aromatic carbocycles. The maximum Gasteiger partial charge on any atom is 0.261 e. The summed E-state index contributed by atoms with van der Waals surface area (Å²) in [5, 5.41) is 3.65. The average Bonchev–Trinajstić information content (AvgIpc) is 2.84. The molecule has 2 N–H and O–H groups in total. The van der Waals surface area contributed by atoms with Crippen molar-refractivity contribution >= 4 is 17.5 Å². The second-order valence-corrected chi connectivity index (χ2v) is 6.72. The quantitative estimate of drug-likeness (QED) is 0.822. The van der Waals surface area contributed by atoms with Crippen molar-refractivity contribution in [2.24, 2.45) is 0 Å². The highest BCUT2D eigenvalue weighted by atomic mass is 35.5. The van der Waals surface area contributed by atoms with E-state index in [1.807, 2.05) is 12.1 Å². The van der Waals surface area contributed by atoms with E-state index in [0.29, 0.717) is 10.7 Å². The van der Waals surface area contributed by atoms with Gasteiger partial charge >= 0.3 is 0 Å². The monoisotopic (exact) mass is 344 g/mol. The van der Waals surface area contributed by atoms with Gasteiger partial charge in [0.2, 0.25) is 0 Å². The molecular weight excluding hydrogens is 324 g/mol. The number of aromatic nitrogens is 1. The van der Waals surface area contributed by atoms with Crippen molar-refractivity contribution < 1.29 is 4.79 Å². The molecule has 3 rings (SSSR count). The molecule has 0 radical (unpaired) electrons. The predicted octanol–water partition coefficient (Wildman–Crippen LogP) is 4.15. The van der Waals surface area contributed by atoms with Gasteiger partial charge in [0.05, 0.1) is 0 Å². The maximum atomic E-state index is 12.4. The van der Waals surface area contributed by atoms with Gasteiger partial charge in [-0.15, -0.1) is 0 Å². The van der Waals surface area contributed by atoms with E-state index in [9.17, 15) is 9.59 Å². The number of aromatic amines is 1. The van der Waals surface area contributed by atoms with Crippen molar-refractivity contribution in [2.75, 3.05) is 0 Å². The summed E-state index contributed by atoms with van der Waals surface area (Å²) in [6, 6.07) is 10.7. The van der Waals surface area contributed by atoms with Gasteiger partial charge in [-0.1, -0.05) is 49.4 Å². The topological polar surface area (TPSA) is 62.0 Å². The van der Waals surface area contributed by atoms with Crippen molar-refractivity contribution in [1.29, 1.82) is 0 Å². The zero-order valence-electron chi connectivity index (χ0n) is 13.5. The fourth-order valence-electron chi connectivity index (χ4n) is 3.14. The third kappa shape index (κ3) is 4.06. The number of hydrogen-bond donors (Lipinski definition) is 2. The van der Waals surface area contributed by atoms with Crippen LogP contribution < -0.4 is 10.9 Å². The summed E-state index contributed by atoms with van der Waals surface area (Å²) in [5.74, 6) is -0.286. The Morgan fingerprint density at radius 2 is 1.67 bits per heavy atom. The molecule has 24 heavy (non-hydrogen) atoms. The Morgan fingerprint density at radius 1 is 1.00 bits per heavy atom. The number of carbonyl (C=O) groups is 1. The fraction of sp³-hybridized carbons (Fsp3) is 0.368. The van der Waals surface area contributed by atoms with E-state index in [-0.39, 0.29) is 23.1 Å². The molecule has 1 aliphatic rings. The van der Waals surface area contributed by atoms with Gasteiger partial charge in [0.15, 0.2) is 0 Å². The highest BCUT2D eigenvalue weighted by Gasteiger charge is 2.18. The molecule has 4 nitrogen and oxygen atoms in total. The number of benzene rings is 1. The number of pyridine rings is 1. The first-order valence-corrected chi connectivity index (χ1v) is 8.81. The zero-order chi connectivity index (χ0) is 16.9. The third-order valence-electron chi connectivity index (χ3n) is 4.50. The molecule has 126 valence electrons. The summed E-state index contributed by atoms with van der Waals surface area (Å²) >= 11 is 5.88. The Balaban J connectivity index is 1.75. The van der Waals surface area contributed by atoms with E-state index in [0.717, 1.165) is 31.2 Å². The standard InChI is InChI=1S/C19H21ClN2O2/c20-14-9-7-13(8-10-14)17-12-11-16(19(24)22-17)18(23)21-15-5-3-1-2-4-6-15/h7-12,15H,1-6H2,(H,21,23)(H,22,24). The number of nitrogens with one attached hydrogen (secondary N) is 2. The number of halogens is 1. The van der Waals surface area contributed by atoms with Crippen LogP contribution in [0, 0.1) is 0 Å². The lowest BCUT2D eigenvalue weighted by Gasteiger charge is -2.16. The molecule has 1 heterocycles. The summed E-state index contributed by atoms with van der Waals surface area (Å²) in [4.78, 5) is 27.5. The number of hydrogen-bond acceptors (Lipinski definition) is 2. The SMILES string of the molecule is O=C(NC1CCCCCC1)c1ccc(-c2ccc(Cl)cc2)[nH]c1=O. The first-order valence-electron chi connectivity index (χ1n) is 8.43. The smallest absolute Gasteiger partial charge is 0.261 e. The Labute approximate surface area is 146 Å². The number of H-pyrrole nitrogens is 1. The van der Waals surface area contributed by atoms with Crippen molar-refractivity contribution in [3.63, 3.8) is 0 Å². The number of rotatable bonds is 3. The first-order chi connectivity index (χ1) is 11.6. The molecule has 1 aromatic heterocycles. The summed E-state index contributed by atoms with van der Waals surface area (Å²) < 4.78 is 0. The van der Waals surface area contributed by atoms with Crippen LogP contribution in [0.3, 0.4) is 0 Å². The molecule has 0 atom stereocenters. The van der Waals surface area contributed by atoms with E-state index < -0.39 is 0 Å². The van der Waals surface area contributed by atoms with Crippen LogP contribution in [0.15, 0.2) is 41.2 Å². The molecule has 1 amide bonds. The van der Waals surface area contributed by atoms with Crippen LogP contribution in [-0.2, 0) is 0 Å². The summed E-state index contributed by atoms with van der Waals surface area (Å²) in [7, 11) is 0. The minimum Gasteiger partial charge on any atom is -0.349 e. The largest absolute Gasteiger partial charge is 0.349 e. The second-order valence-electron chi connectivity index (χ2n) is 6.28. The van der Waals surface area contributed by atoms with Crippen LogP contribution in [0.25, 0.3) is 11.3 Å². The molecule has 2 aromatic rings. The van der Waals surface area contributed by atoms with Gasteiger partial charge in [0, 0.05) is 16.8 Å². The van der Waals surface area contributed by atoms with E-state index in [1.165, 1.54) is 12.8 Å². The van der Waals surface area contributed by atoms with Crippen LogP contribution in [0.2, 0.25) is 5.02 Å². The van der Waals surface area contributed by atoms with Gasteiger partial charge in [-0.2, -0.15) is 0 Å². The van der Waals surface area contributed by atoms with Crippen LogP contribution in [-0.4, -0.2) is 16.9 Å². The molecule has 0 bridgehead atoms. The van der Waals surface area contributed by atoms with Crippen LogP contribution >= 0.6 is 11.6 Å². The Hall–Kier alpha value is -2.07. The number of carbonyl (C=O) groups excluding carboxylic acids is 1. The Kier molecular flexibility index (Phi) is 5.36. The maximum absolute atomic E-state index is 12.4. The third-order valence-corrected chi connectivity index (χ3v) is 4.75. The van der Waals surface area contributed by atoms with Gasteiger partial charge in [0.25, 0.3) is 11.5 Å². The van der Waals surface area contributed by atoms with E-state index in [4.69, 9.17) is 11.6 Å². The molecule has 1 fully saturated rings. The summed E-state index contributed by atoms with van der Waals surface area (Å²) in [6.07, 6.45) is 6.71. The molecular formula is C19H21ClN2O2. The van der Waals surface area contributed by atoms with Crippen LogP contribution in [0.4, 0.5) is 0 Å². The summed E-state index contributed by atoms with van der Waals surface area (Å²) in [5.41, 5.74) is 1.32. The lowest BCUT2D eigenvalue weighted by Crippen LogP contribution is -2.37. The van der Waals surface area contributed by atoms with E-state index in [1.54, 1.807) is 24.3 Å². The van der Waals surface area contributed by atoms with Gasteiger partial charge in [0.1, 0.15) is 5.56 Å². The minimum atomic E-state index is -0.367. The van der Waals surface area contributed by atoms with Gasteiger partial charge in [-0.3, -0.25) is 9.59 Å². The van der Waals surface area contributed by atoms with Crippen molar-refractivity contribution in [2.45, 2.75) is 44.6 Å². The molecule has 0 aliphatic heterocycles. The molecule has 5 heteroatoms. The summed E-state index contributed by atoms with van der Waals surface area (Å²) in [6.45, 7) is 0. The fourth-order valence-corrected chi connectivity index (χ4v) is 3.26. The predicted molar refractivity (Wildman–Crippen MR) is 96.5 cm³/mol. The molecule has 0 unspecified atom stereocenters. The lowest BCUT2D eigenvalue weighted by atomic mass is 10.1. The zero-order valence-corrected chi connectivity index (χ0v) is 14.2. The van der Waals surface area contributed by atoms with E-state index >= 15 is 0 Å². The van der Waals surface area contributed by atoms with Crippen molar-refractivity contribution in [3.05, 3.63) is 57.3 Å². The van der Waals surface area contributed by atoms with Crippen LogP contribution in [0.5, 0.6) is 0 Å². The van der Waals surface area contributed by atoms with Gasteiger partial charge in [-0.05, 0) is 42.7 Å². The normalized spacial score (nSPS) is 15.7. The van der Waals surface area contributed by atoms with Gasteiger partial charge < -0.3 is 10.3 Å². The molecule has 0 saturated heterocycles. The second kappa shape index (κ2) is 7.67. The highest BCUT2D eigenvalue weighted by Crippen LogP contribution is 2.19. The van der Waals surface area contributed by atoms with Crippen LogP contribution in [0.1, 0.15) is 48.9 Å². The van der Waals surface area contributed by atoms with Crippen molar-refractivity contribution in [1.82, 2.24) is 10.3 Å². The Morgan fingerprint density at radius 3 is 2.29 bits per heavy atom. The lowest BCUT2D eigenvalue weighted by molar-refractivity contribution is 0.0932. The number of amides is 1. The first kappa shape index (κ1) is 16.8. The Bertz CT molecular complexity index is 760. The molecule has 1 saturated carbocycles. The minimum absolute atomic E-state index is 0.164. The van der Waals surface area contributed by atoms with E-state index in [2.05, 4.69) is 10.3 Å². The highest BCUT2D eigenvalue weighted by molar-refractivity contribution is 6.30. The molecule has 1 aliphatic carbocycles. The van der Waals surface area contributed by atoms with Gasteiger partial charge in [-0.25, -0.2) is 0 Å². The van der Waals surface area contributed by atoms with Crippen molar-refractivity contribution in [3.8, 4) is 11.3 Å². The molecule has 0 spiro atoms. The average molecular weight is 345 g/mol.